The normalized spacial score (nSPS) is 13.8. The zero-order chi connectivity index (χ0) is 16.6. The molecule has 1 aliphatic rings. The van der Waals surface area contributed by atoms with Gasteiger partial charge in [0.25, 0.3) is 0 Å². The standard InChI is InChI=1S/C18H14O5/c1-22-13-8-7-10(9-14(13)23-2)16(19)15-17(20)11-5-3-4-6-12(11)18(15)21/h3-9,15H,1-2H3. The summed E-state index contributed by atoms with van der Waals surface area (Å²) >= 11 is 0. The first-order valence-electron chi connectivity index (χ1n) is 7.02. The van der Waals surface area contributed by atoms with E-state index < -0.39 is 23.3 Å². The van der Waals surface area contributed by atoms with Gasteiger partial charge in [0.15, 0.2) is 28.8 Å². The Labute approximate surface area is 132 Å². The maximum absolute atomic E-state index is 12.7. The Kier molecular flexibility index (Phi) is 3.70. The molecule has 2 aromatic carbocycles. The summed E-state index contributed by atoms with van der Waals surface area (Å²) in [7, 11) is 2.94. The molecular formula is C18H14O5. The van der Waals surface area contributed by atoms with Crippen molar-refractivity contribution in [3.63, 3.8) is 0 Å². The highest BCUT2D eigenvalue weighted by molar-refractivity contribution is 6.37. The topological polar surface area (TPSA) is 69.7 Å². The van der Waals surface area contributed by atoms with Gasteiger partial charge in [-0.25, -0.2) is 0 Å². The molecule has 0 saturated carbocycles. The summed E-state index contributed by atoms with van der Waals surface area (Å²) in [6, 6.07) is 11.1. The minimum Gasteiger partial charge on any atom is -0.493 e. The zero-order valence-corrected chi connectivity index (χ0v) is 12.7. The fraction of sp³-hybridized carbons (Fsp3) is 0.167. The number of benzene rings is 2. The van der Waals surface area contributed by atoms with Gasteiger partial charge in [0.1, 0.15) is 5.92 Å². The van der Waals surface area contributed by atoms with E-state index in [1.54, 1.807) is 30.3 Å². The number of hydrogen-bond donors (Lipinski definition) is 0. The lowest BCUT2D eigenvalue weighted by Crippen LogP contribution is -2.25. The van der Waals surface area contributed by atoms with Crippen LogP contribution in [0.15, 0.2) is 42.5 Å². The third-order valence-electron chi connectivity index (χ3n) is 3.91. The Morgan fingerprint density at radius 1 is 0.870 bits per heavy atom. The first-order valence-corrected chi connectivity index (χ1v) is 7.02. The molecule has 116 valence electrons. The Balaban J connectivity index is 1.99. The summed E-state index contributed by atoms with van der Waals surface area (Å²) in [5, 5.41) is 0. The molecule has 0 atom stereocenters. The minimum absolute atomic E-state index is 0.238. The van der Waals surface area contributed by atoms with E-state index in [-0.39, 0.29) is 5.56 Å². The molecular weight excluding hydrogens is 296 g/mol. The summed E-state index contributed by atoms with van der Waals surface area (Å²) in [5.74, 6) is -1.91. The average Bonchev–Trinajstić information content (AvgIpc) is 2.85. The second-order valence-corrected chi connectivity index (χ2v) is 5.14. The number of Topliss-reactive ketones (excluding diaryl/α,β-unsaturated/α-hetero) is 3. The van der Waals surface area contributed by atoms with Crippen LogP contribution in [-0.4, -0.2) is 31.6 Å². The molecule has 5 heteroatoms. The lowest BCUT2D eigenvalue weighted by Gasteiger charge is -2.10. The smallest absolute Gasteiger partial charge is 0.182 e. The van der Waals surface area contributed by atoms with Gasteiger partial charge < -0.3 is 9.47 Å². The van der Waals surface area contributed by atoms with Crippen molar-refractivity contribution >= 4 is 17.3 Å². The summed E-state index contributed by atoms with van der Waals surface area (Å²) in [6.07, 6.45) is 0. The monoisotopic (exact) mass is 310 g/mol. The number of rotatable bonds is 4. The summed E-state index contributed by atoms with van der Waals surface area (Å²) in [4.78, 5) is 37.5. The van der Waals surface area contributed by atoms with E-state index in [0.29, 0.717) is 22.6 Å². The molecule has 0 fully saturated rings. The number of ketones is 3. The highest BCUT2D eigenvalue weighted by Gasteiger charge is 2.43. The van der Waals surface area contributed by atoms with Gasteiger partial charge in [-0.05, 0) is 18.2 Å². The molecule has 0 aromatic heterocycles. The van der Waals surface area contributed by atoms with Crippen LogP contribution < -0.4 is 9.47 Å². The van der Waals surface area contributed by atoms with Crippen LogP contribution in [0.4, 0.5) is 0 Å². The number of methoxy groups -OCH3 is 2. The van der Waals surface area contributed by atoms with Gasteiger partial charge in [-0.1, -0.05) is 24.3 Å². The molecule has 0 radical (unpaired) electrons. The van der Waals surface area contributed by atoms with Crippen molar-refractivity contribution in [2.45, 2.75) is 0 Å². The third kappa shape index (κ3) is 2.30. The molecule has 0 spiro atoms. The Morgan fingerprint density at radius 3 is 1.96 bits per heavy atom. The van der Waals surface area contributed by atoms with Crippen molar-refractivity contribution in [3.8, 4) is 11.5 Å². The predicted molar refractivity (Wildman–Crippen MR) is 82.5 cm³/mol. The van der Waals surface area contributed by atoms with Crippen LogP contribution in [0, 0.1) is 5.92 Å². The van der Waals surface area contributed by atoms with E-state index in [2.05, 4.69) is 0 Å². The molecule has 1 aliphatic carbocycles. The van der Waals surface area contributed by atoms with Crippen LogP contribution in [0.2, 0.25) is 0 Å². The van der Waals surface area contributed by atoms with Crippen LogP contribution in [-0.2, 0) is 0 Å². The number of carbonyl (C=O) groups is 3. The molecule has 0 aliphatic heterocycles. The van der Waals surface area contributed by atoms with Crippen molar-refractivity contribution < 1.29 is 23.9 Å². The summed E-state index contributed by atoms with van der Waals surface area (Å²) in [5.41, 5.74) is 0.842. The van der Waals surface area contributed by atoms with E-state index in [1.807, 2.05) is 0 Å². The van der Waals surface area contributed by atoms with E-state index >= 15 is 0 Å². The van der Waals surface area contributed by atoms with Crippen LogP contribution in [0.1, 0.15) is 31.1 Å². The second kappa shape index (κ2) is 5.68. The molecule has 0 amide bonds. The second-order valence-electron chi connectivity index (χ2n) is 5.14. The van der Waals surface area contributed by atoms with Gasteiger partial charge in [0.05, 0.1) is 14.2 Å². The minimum atomic E-state index is -1.31. The molecule has 0 N–H and O–H groups in total. The molecule has 0 heterocycles. The van der Waals surface area contributed by atoms with Crippen molar-refractivity contribution in [1.29, 1.82) is 0 Å². The van der Waals surface area contributed by atoms with Gasteiger partial charge in [-0.15, -0.1) is 0 Å². The quantitative estimate of drug-likeness (QED) is 0.641. The first kappa shape index (κ1) is 15.0. The van der Waals surface area contributed by atoms with Crippen LogP contribution in [0.25, 0.3) is 0 Å². The summed E-state index contributed by atoms with van der Waals surface area (Å²) < 4.78 is 10.3. The lowest BCUT2D eigenvalue weighted by atomic mass is 9.93. The largest absolute Gasteiger partial charge is 0.493 e. The molecule has 3 rings (SSSR count). The van der Waals surface area contributed by atoms with Gasteiger partial charge in [-0.2, -0.15) is 0 Å². The molecule has 23 heavy (non-hydrogen) atoms. The third-order valence-corrected chi connectivity index (χ3v) is 3.91. The van der Waals surface area contributed by atoms with Crippen molar-refractivity contribution in [2.75, 3.05) is 14.2 Å². The average molecular weight is 310 g/mol. The highest BCUT2D eigenvalue weighted by Crippen LogP contribution is 2.32. The fourth-order valence-electron chi connectivity index (χ4n) is 2.74. The molecule has 0 unspecified atom stereocenters. The van der Waals surface area contributed by atoms with E-state index in [4.69, 9.17) is 9.47 Å². The van der Waals surface area contributed by atoms with Gasteiger partial charge in [0, 0.05) is 16.7 Å². The van der Waals surface area contributed by atoms with E-state index in [9.17, 15) is 14.4 Å². The molecule has 2 aromatic rings. The predicted octanol–water partition coefficient (Wildman–Crippen LogP) is 2.58. The lowest BCUT2D eigenvalue weighted by molar-refractivity contribution is 0.0756. The highest BCUT2D eigenvalue weighted by atomic mass is 16.5. The SMILES string of the molecule is COc1ccc(C(=O)C2C(=O)c3ccccc3C2=O)cc1OC. The van der Waals surface area contributed by atoms with Crippen LogP contribution >= 0.6 is 0 Å². The Morgan fingerprint density at radius 2 is 1.43 bits per heavy atom. The van der Waals surface area contributed by atoms with Crippen molar-refractivity contribution in [3.05, 3.63) is 59.2 Å². The van der Waals surface area contributed by atoms with Crippen molar-refractivity contribution in [2.24, 2.45) is 5.92 Å². The molecule has 0 saturated heterocycles. The van der Waals surface area contributed by atoms with Crippen LogP contribution in [0.3, 0.4) is 0 Å². The number of ether oxygens (including phenoxy) is 2. The molecule has 0 bridgehead atoms. The van der Waals surface area contributed by atoms with Crippen molar-refractivity contribution in [1.82, 2.24) is 0 Å². The van der Waals surface area contributed by atoms with Gasteiger partial charge in [0.2, 0.25) is 0 Å². The number of carbonyl (C=O) groups excluding carboxylic acids is 3. The van der Waals surface area contributed by atoms with Gasteiger partial charge >= 0.3 is 0 Å². The molecule has 5 nitrogen and oxygen atoms in total. The fourth-order valence-corrected chi connectivity index (χ4v) is 2.74. The first-order chi connectivity index (χ1) is 11.1. The van der Waals surface area contributed by atoms with E-state index in [0.717, 1.165) is 0 Å². The maximum atomic E-state index is 12.7. The number of fused-ring (bicyclic) bond motifs is 1. The van der Waals surface area contributed by atoms with Gasteiger partial charge in [-0.3, -0.25) is 14.4 Å². The Hall–Kier alpha value is -2.95. The Bertz CT molecular complexity index is 787. The number of hydrogen-bond acceptors (Lipinski definition) is 5. The zero-order valence-electron chi connectivity index (χ0n) is 12.7. The van der Waals surface area contributed by atoms with E-state index in [1.165, 1.54) is 26.4 Å². The summed E-state index contributed by atoms with van der Waals surface area (Å²) in [6.45, 7) is 0. The van der Waals surface area contributed by atoms with Crippen LogP contribution in [0.5, 0.6) is 11.5 Å². The maximum Gasteiger partial charge on any atom is 0.182 e.